The van der Waals surface area contributed by atoms with Gasteiger partial charge in [0, 0.05) is 72.7 Å². The first kappa shape index (κ1) is 58.5. The Morgan fingerprint density at radius 2 is 0.736 bits per heavy atom. The van der Waals surface area contributed by atoms with E-state index in [1.165, 1.54) is 94.2 Å². The number of nitrogens with one attached hydrogen (secondary N) is 9. The summed E-state index contributed by atoms with van der Waals surface area (Å²) in [5.41, 5.74) is 1.63. The van der Waals surface area contributed by atoms with Crippen molar-refractivity contribution in [2.24, 2.45) is 17.8 Å². The predicted molar refractivity (Wildman–Crippen MR) is 268 cm³/mol. The number of H-pyrrole nitrogens is 3. The number of hydrogen-bond acceptors (Lipinski definition) is 18. The average Bonchev–Trinajstić information content (AvgIpc) is 4.22. The van der Waals surface area contributed by atoms with Gasteiger partial charge in [0.15, 0.2) is 0 Å². The van der Waals surface area contributed by atoms with E-state index in [9.17, 15) is 43.2 Å². The van der Waals surface area contributed by atoms with Gasteiger partial charge in [-0.3, -0.25) is 28.8 Å². The number of hydrogen-bond donors (Lipinski definition) is 9. The fourth-order valence-corrected chi connectivity index (χ4v) is 9.43. The lowest BCUT2D eigenvalue weighted by molar-refractivity contribution is -0.145. The number of amides is 6. The highest BCUT2D eigenvalue weighted by Gasteiger charge is 2.42. The van der Waals surface area contributed by atoms with E-state index < -0.39 is 107 Å². The van der Waals surface area contributed by atoms with E-state index in [4.69, 9.17) is 14.2 Å². The molecule has 0 saturated heterocycles. The second kappa shape index (κ2) is 30.7. The van der Waals surface area contributed by atoms with E-state index in [1.807, 2.05) is 18.8 Å². The highest BCUT2D eigenvalue weighted by Crippen LogP contribution is 2.35. The van der Waals surface area contributed by atoms with E-state index >= 15 is 0 Å². The van der Waals surface area contributed by atoms with Crippen LogP contribution in [0.2, 0.25) is 0 Å². The first-order valence-corrected chi connectivity index (χ1v) is 27.3. The van der Waals surface area contributed by atoms with Gasteiger partial charge in [-0.1, -0.05) is 0 Å². The number of methoxy groups -OCH3 is 3. The molecule has 0 bridgehead atoms. The number of ether oxygens (including phenoxy) is 3. The van der Waals surface area contributed by atoms with E-state index in [1.54, 1.807) is 0 Å². The number of aromatic nitrogens is 6. The van der Waals surface area contributed by atoms with Crippen molar-refractivity contribution in [2.45, 2.75) is 94.0 Å². The molecule has 1 aliphatic carbocycles. The van der Waals surface area contributed by atoms with E-state index in [-0.39, 0.29) is 57.8 Å². The van der Waals surface area contributed by atoms with Crippen molar-refractivity contribution in [3.8, 4) is 0 Å². The van der Waals surface area contributed by atoms with Crippen LogP contribution in [0.5, 0.6) is 0 Å². The van der Waals surface area contributed by atoms with Crippen molar-refractivity contribution < 1.29 is 57.4 Å². The van der Waals surface area contributed by atoms with Crippen LogP contribution in [0.4, 0.5) is 0 Å². The molecule has 3 aromatic heterocycles. The zero-order valence-corrected chi connectivity index (χ0v) is 43.6. The summed E-state index contributed by atoms with van der Waals surface area (Å²) in [7, 11) is 3.55. The third-order valence-electron chi connectivity index (χ3n) is 11.9. The lowest BCUT2D eigenvalue weighted by Gasteiger charge is -2.35. The summed E-state index contributed by atoms with van der Waals surface area (Å²) in [5, 5.41) is 16.5. The van der Waals surface area contributed by atoms with Gasteiger partial charge in [-0.25, -0.2) is 29.3 Å². The SMILES string of the molecule is COC(=O)[C@H](Cc1cnc[nH]1)NC(=O)[C@H](CCSC)NC(=O)C1CC(C(=O)NC(CCSC)C(=O)N[C@H](Cc2cnc[nH]2)C(=O)OC)CC(C(=O)N[C@@H](CCSC)C(=O)N[C@@H](Cc2cnc[nH]2)C(=O)OC)C1. The molecule has 9 N–H and O–H groups in total. The molecular formula is C45H66N12O12S3. The normalized spacial score (nSPS) is 17.8. The highest BCUT2D eigenvalue weighted by molar-refractivity contribution is 7.98. The third kappa shape index (κ3) is 18.5. The Kier molecular flexibility index (Phi) is 24.9. The van der Waals surface area contributed by atoms with Crippen LogP contribution in [0.3, 0.4) is 0 Å². The molecule has 3 unspecified atom stereocenters. The van der Waals surface area contributed by atoms with Gasteiger partial charge in [-0.05, 0) is 74.6 Å². The molecule has 24 nitrogen and oxygen atoms in total. The fraction of sp³-hybridized carbons (Fsp3) is 0.600. The maximum atomic E-state index is 14.5. The van der Waals surface area contributed by atoms with Crippen LogP contribution in [0.15, 0.2) is 37.6 Å². The third-order valence-corrected chi connectivity index (χ3v) is 13.8. The van der Waals surface area contributed by atoms with Crippen molar-refractivity contribution in [2.75, 3.05) is 57.4 Å². The number of nitrogens with zero attached hydrogens (tertiary/aromatic N) is 3. The van der Waals surface area contributed by atoms with Gasteiger partial charge in [0.2, 0.25) is 35.4 Å². The largest absolute Gasteiger partial charge is 0.467 e. The summed E-state index contributed by atoms with van der Waals surface area (Å²) in [6.07, 6.45) is 14.4. The number of thioether (sulfide) groups is 3. The molecule has 3 aromatic rings. The van der Waals surface area contributed by atoms with Gasteiger partial charge in [0.05, 0.1) is 40.3 Å². The number of carbonyl (C=O) groups excluding carboxylic acids is 9. The lowest BCUT2D eigenvalue weighted by atomic mass is 9.73. The first-order valence-electron chi connectivity index (χ1n) is 23.1. The fourth-order valence-electron chi connectivity index (χ4n) is 8.02. The monoisotopic (exact) mass is 1060 g/mol. The van der Waals surface area contributed by atoms with Crippen molar-refractivity contribution in [3.63, 3.8) is 0 Å². The number of rotatable bonds is 30. The van der Waals surface area contributed by atoms with Gasteiger partial charge < -0.3 is 61.1 Å². The van der Waals surface area contributed by atoms with Gasteiger partial charge in [0.1, 0.15) is 36.3 Å². The summed E-state index contributed by atoms with van der Waals surface area (Å²) in [5.74, 6) is -8.02. The topological polar surface area (TPSA) is 340 Å². The molecule has 0 radical (unpaired) electrons. The lowest BCUT2D eigenvalue weighted by Crippen LogP contribution is -2.56. The van der Waals surface area contributed by atoms with Crippen LogP contribution in [-0.4, -0.2) is 177 Å². The second-order valence-electron chi connectivity index (χ2n) is 16.9. The van der Waals surface area contributed by atoms with Gasteiger partial charge >= 0.3 is 17.9 Å². The number of esters is 3. The molecule has 1 fully saturated rings. The standard InChI is InChI=1S/C45H66N12O12S3/c1-67-43(64)34(16-28-19-46-22-49-28)55-40(61)31(7-10-70-4)52-37(58)25-13-26(38(59)53-32(8-11-71-5)41(62)56-35(44(65)68-2)17-29-20-47-23-50-29)15-27(14-25)39(60)54-33(9-12-72-6)42(63)57-36(45(66)69-3)18-30-21-48-24-51-30/h19-27,31-36H,7-18H2,1-6H3,(H,46,49)(H,47,50)(H,48,51)(H,52,58)(H,53,59)(H,54,60)(H,55,61)(H,56,62)(H,57,63)/t25?,26?,27?,31-,32-,33?,34-,35-,36+/m0/s1. The Morgan fingerprint density at radius 1 is 0.472 bits per heavy atom. The second-order valence-corrected chi connectivity index (χ2v) is 19.9. The maximum absolute atomic E-state index is 14.5. The summed E-state index contributed by atoms with van der Waals surface area (Å²) < 4.78 is 14.8. The molecule has 0 spiro atoms. The molecular weight excluding hydrogens is 997 g/mol. The van der Waals surface area contributed by atoms with Crippen molar-refractivity contribution >= 4 is 88.6 Å². The minimum absolute atomic E-state index is 0.0188. The van der Waals surface area contributed by atoms with Crippen LogP contribution in [0.1, 0.15) is 55.6 Å². The Morgan fingerprint density at radius 3 is 0.944 bits per heavy atom. The summed E-state index contributed by atoms with van der Waals surface area (Å²) in [4.78, 5) is 144. The zero-order chi connectivity index (χ0) is 52.6. The first-order chi connectivity index (χ1) is 34.6. The quantitative estimate of drug-likeness (QED) is 0.0303. The molecule has 27 heteroatoms. The number of aromatic amines is 3. The molecule has 1 aliphatic rings. The summed E-state index contributed by atoms with van der Waals surface area (Å²) >= 11 is 4.27. The van der Waals surface area contributed by atoms with Crippen LogP contribution < -0.4 is 31.9 Å². The van der Waals surface area contributed by atoms with Crippen molar-refractivity contribution in [1.29, 1.82) is 0 Å². The molecule has 72 heavy (non-hydrogen) atoms. The Hall–Kier alpha value is -6.09. The molecule has 4 rings (SSSR count). The molecule has 1 saturated carbocycles. The van der Waals surface area contributed by atoms with E-state index in [2.05, 4.69) is 61.8 Å². The Bertz CT molecular complexity index is 1970. The maximum Gasteiger partial charge on any atom is 0.328 e. The van der Waals surface area contributed by atoms with Gasteiger partial charge in [-0.15, -0.1) is 0 Å². The van der Waals surface area contributed by atoms with E-state index in [0.717, 1.165) is 0 Å². The molecule has 6 amide bonds. The smallest absolute Gasteiger partial charge is 0.328 e. The summed E-state index contributed by atoms with van der Waals surface area (Å²) in [6, 6.07) is -6.89. The molecule has 0 aliphatic heterocycles. The van der Waals surface area contributed by atoms with Gasteiger partial charge in [0.25, 0.3) is 0 Å². The molecule has 8 atom stereocenters. The average molecular weight is 1060 g/mol. The zero-order valence-electron chi connectivity index (χ0n) is 41.1. The van der Waals surface area contributed by atoms with E-state index in [0.29, 0.717) is 34.3 Å². The number of carbonyl (C=O) groups is 9. The van der Waals surface area contributed by atoms with Crippen molar-refractivity contribution in [3.05, 3.63) is 54.7 Å². The van der Waals surface area contributed by atoms with Crippen LogP contribution in [0.25, 0.3) is 0 Å². The Labute approximate surface area is 429 Å². The van der Waals surface area contributed by atoms with Crippen LogP contribution >= 0.6 is 35.3 Å². The molecule has 396 valence electrons. The minimum atomic E-state index is -1.16. The minimum Gasteiger partial charge on any atom is -0.467 e. The number of imidazole rings is 3. The van der Waals surface area contributed by atoms with Crippen molar-refractivity contribution in [1.82, 2.24) is 61.8 Å². The van der Waals surface area contributed by atoms with Crippen LogP contribution in [0, 0.1) is 17.8 Å². The highest BCUT2D eigenvalue weighted by atomic mass is 32.2. The van der Waals surface area contributed by atoms with Crippen LogP contribution in [-0.2, 0) is 76.6 Å². The molecule has 0 aromatic carbocycles. The molecule has 3 heterocycles. The summed E-state index contributed by atoms with van der Waals surface area (Å²) in [6.45, 7) is 0. The predicted octanol–water partition coefficient (Wildman–Crippen LogP) is -0.397. The van der Waals surface area contributed by atoms with Gasteiger partial charge in [-0.2, -0.15) is 35.3 Å². The Balaban J connectivity index is 1.63.